The zero-order chi connectivity index (χ0) is 27.6. The van der Waals surface area contributed by atoms with Gasteiger partial charge in [-0.15, -0.1) is 0 Å². The minimum atomic E-state index is -2.04. The number of nitrogens with zero attached hydrogens (tertiary/aromatic N) is 1. The van der Waals surface area contributed by atoms with Gasteiger partial charge < -0.3 is 15.9 Å². The molecule has 38 heavy (non-hydrogen) atoms. The van der Waals surface area contributed by atoms with Crippen LogP contribution in [0.25, 0.3) is 0 Å². The monoisotopic (exact) mass is 520 g/mol. The molecule has 6 atom stereocenters. The average Bonchev–Trinajstić information content (AvgIpc) is 2.85. The summed E-state index contributed by atoms with van der Waals surface area (Å²) in [5.74, 6) is 0.270. The second-order valence-electron chi connectivity index (χ2n) is 12.3. The van der Waals surface area contributed by atoms with E-state index < -0.39 is 65.0 Å². The van der Waals surface area contributed by atoms with E-state index in [-0.39, 0.29) is 23.1 Å². The molecule has 0 saturated heterocycles. The minimum absolute atomic E-state index is 0.0877. The largest absolute Gasteiger partial charge is 0.507 e. The molecule has 4 aliphatic rings. The Kier molecular flexibility index (Phi) is 6.52. The quantitative estimate of drug-likeness (QED) is 0.401. The number of phenols is 1. The lowest BCUT2D eigenvalue weighted by Crippen LogP contribution is -2.69. The maximum absolute atomic E-state index is 13.9. The van der Waals surface area contributed by atoms with E-state index in [4.69, 9.17) is 5.73 Å². The van der Waals surface area contributed by atoms with Gasteiger partial charge in [0.2, 0.25) is 5.91 Å². The molecular weight excluding hydrogens is 484 g/mol. The number of phenolic OH excluding ortho intramolecular Hbond substituents is 1. The van der Waals surface area contributed by atoms with Crippen LogP contribution in [0.5, 0.6) is 5.75 Å². The Hall–Kier alpha value is -3.02. The molecule has 4 aliphatic carbocycles. The number of amides is 1. The Morgan fingerprint density at radius 3 is 2.45 bits per heavy atom. The van der Waals surface area contributed by atoms with Crippen LogP contribution in [0.4, 0.5) is 0 Å². The molecule has 4 N–H and O–H groups in total. The Labute approximate surface area is 223 Å². The molecule has 0 radical (unpaired) electrons. The van der Waals surface area contributed by atoms with Gasteiger partial charge in [0.25, 0.3) is 0 Å². The van der Waals surface area contributed by atoms with Crippen LogP contribution in [0.1, 0.15) is 73.4 Å². The number of hydrogen-bond acceptors (Lipinski definition) is 7. The average molecular weight is 521 g/mol. The number of likely N-dealkylation sites (N-methyl/N-ethyl adjacent to an activating group) is 1. The molecule has 1 aromatic carbocycles. The molecule has 8 nitrogen and oxygen atoms in total. The predicted octanol–water partition coefficient (Wildman–Crippen LogP) is 2.01. The van der Waals surface area contributed by atoms with Gasteiger partial charge in [-0.2, -0.15) is 0 Å². The standard InChI is InChI=1S/C30H36N2O6/c1-29(10-5-4-6-11-29)12-9-16-7-8-21(33)23-18(16)13-17-14-20-24(32(2)3)25(34)19(28(31)37)15-30(20,38)27(36)22(17)26(23)35/h7-8,17,19-20,22,24,33,38H,4-6,10-11,13-15H2,1-3H3,(H2,31,37). The fourth-order valence-electron chi connectivity index (χ4n) is 7.50. The van der Waals surface area contributed by atoms with Gasteiger partial charge in [-0.05, 0) is 70.3 Å². The Morgan fingerprint density at radius 1 is 1.13 bits per heavy atom. The van der Waals surface area contributed by atoms with Crippen molar-refractivity contribution in [3.63, 3.8) is 0 Å². The topological polar surface area (TPSA) is 138 Å². The first-order valence-corrected chi connectivity index (χ1v) is 13.6. The number of nitrogens with two attached hydrogens (primary N) is 1. The number of fused-ring (bicyclic) bond motifs is 3. The van der Waals surface area contributed by atoms with Crippen LogP contribution in [0, 0.1) is 40.9 Å². The summed E-state index contributed by atoms with van der Waals surface area (Å²) < 4.78 is 0. The van der Waals surface area contributed by atoms with Crippen LogP contribution < -0.4 is 5.73 Å². The normalized spacial score (nSPS) is 34.0. The second kappa shape index (κ2) is 9.32. The van der Waals surface area contributed by atoms with Crippen LogP contribution in [-0.4, -0.2) is 64.1 Å². The molecule has 3 fully saturated rings. The van der Waals surface area contributed by atoms with Gasteiger partial charge in [-0.25, -0.2) is 0 Å². The van der Waals surface area contributed by atoms with E-state index in [9.17, 15) is 29.4 Å². The number of carbonyl (C=O) groups is 4. The van der Waals surface area contributed by atoms with Gasteiger partial charge in [0.05, 0.1) is 17.5 Å². The molecule has 1 aromatic rings. The molecule has 0 aliphatic heterocycles. The van der Waals surface area contributed by atoms with Gasteiger partial charge >= 0.3 is 0 Å². The van der Waals surface area contributed by atoms with Gasteiger partial charge in [0, 0.05) is 23.3 Å². The Bertz CT molecular complexity index is 1280. The van der Waals surface area contributed by atoms with Crippen LogP contribution >= 0.6 is 0 Å². The highest BCUT2D eigenvalue weighted by atomic mass is 16.3. The van der Waals surface area contributed by atoms with Crippen molar-refractivity contribution in [3.8, 4) is 17.6 Å². The van der Waals surface area contributed by atoms with E-state index in [1.54, 1.807) is 25.1 Å². The number of benzene rings is 1. The summed E-state index contributed by atoms with van der Waals surface area (Å²) in [4.78, 5) is 54.6. The van der Waals surface area contributed by atoms with Crippen molar-refractivity contribution in [2.24, 2.45) is 34.8 Å². The van der Waals surface area contributed by atoms with Crippen LogP contribution in [0.15, 0.2) is 12.1 Å². The molecule has 202 valence electrons. The summed E-state index contributed by atoms with van der Waals surface area (Å²) >= 11 is 0. The summed E-state index contributed by atoms with van der Waals surface area (Å²) in [6.45, 7) is 2.16. The highest BCUT2D eigenvalue weighted by molar-refractivity contribution is 6.17. The zero-order valence-electron chi connectivity index (χ0n) is 22.3. The summed E-state index contributed by atoms with van der Waals surface area (Å²) in [5.41, 5.74) is 4.73. The zero-order valence-corrected chi connectivity index (χ0v) is 22.3. The Morgan fingerprint density at radius 2 is 1.82 bits per heavy atom. The second-order valence-corrected chi connectivity index (χ2v) is 12.3. The van der Waals surface area contributed by atoms with Gasteiger partial charge in [0.15, 0.2) is 17.3 Å². The van der Waals surface area contributed by atoms with Gasteiger partial charge in [0.1, 0.15) is 17.3 Å². The number of aromatic hydroxyl groups is 1. The highest BCUT2D eigenvalue weighted by Gasteiger charge is 2.64. The van der Waals surface area contributed by atoms with E-state index in [0.29, 0.717) is 17.5 Å². The van der Waals surface area contributed by atoms with Crippen molar-refractivity contribution in [3.05, 3.63) is 28.8 Å². The Balaban J connectivity index is 1.56. The van der Waals surface area contributed by atoms with Crippen molar-refractivity contribution >= 4 is 23.3 Å². The minimum Gasteiger partial charge on any atom is -0.507 e. The smallest absolute Gasteiger partial charge is 0.228 e. The number of carbonyl (C=O) groups excluding carboxylic acids is 4. The van der Waals surface area contributed by atoms with E-state index in [2.05, 4.69) is 18.8 Å². The molecule has 0 aromatic heterocycles. The molecular formula is C30H36N2O6. The first-order valence-electron chi connectivity index (χ1n) is 13.6. The molecule has 3 saturated carbocycles. The highest BCUT2D eigenvalue weighted by Crippen LogP contribution is 2.52. The number of hydrogen-bond donors (Lipinski definition) is 3. The van der Waals surface area contributed by atoms with Crippen molar-refractivity contribution in [2.45, 2.75) is 69.9 Å². The first-order chi connectivity index (χ1) is 17.9. The van der Waals surface area contributed by atoms with Crippen molar-refractivity contribution in [1.29, 1.82) is 0 Å². The number of primary amides is 1. The van der Waals surface area contributed by atoms with Gasteiger partial charge in [-0.3, -0.25) is 24.1 Å². The lowest BCUT2D eigenvalue weighted by atomic mass is 9.52. The maximum atomic E-state index is 13.9. The van der Waals surface area contributed by atoms with E-state index in [0.717, 1.165) is 25.7 Å². The fraction of sp³-hybridized carbons (Fsp3) is 0.600. The van der Waals surface area contributed by atoms with Crippen molar-refractivity contribution < 1.29 is 29.4 Å². The first kappa shape index (κ1) is 26.6. The molecule has 0 spiro atoms. The molecule has 8 heteroatoms. The summed E-state index contributed by atoms with van der Waals surface area (Å²) in [7, 11) is 3.34. The molecule has 0 bridgehead atoms. The fourth-order valence-corrected chi connectivity index (χ4v) is 7.50. The molecule has 6 unspecified atom stereocenters. The number of rotatable bonds is 2. The van der Waals surface area contributed by atoms with E-state index in [1.165, 1.54) is 12.5 Å². The summed E-state index contributed by atoms with van der Waals surface area (Å²) in [5, 5.41) is 22.4. The maximum Gasteiger partial charge on any atom is 0.228 e. The SMILES string of the molecule is CN(C)C1C(=O)C(C(N)=O)CC2(O)C(=O)C3C(=O)c4c(O)ccc(C#CC5(C)CCCCC5)c4CC3CC12. The number of Topliss-reactive ketones (excluding diaryl/α,β-unsaturated/α-hetero) is 3. The third-order valence-corrected chi connectivity index (χ3v) is 9.52. The van der Waals surface area contributed by atoms with Crippen molar-refractivity contribution in [1.82, 2.24) is 4.90 Å². The molecule has 1 amide bonds. The van der Waals surface area contributed by atoms with Crippen LogP contribution in [0.2, 0.25) is 0 Å². The number of ketones is 3. The molecule has 0 heterocycles. The summed E-state index contributed by atoms with van der Waals surface area (Å²) in [6.07, 6.45) is 5.67. The predicted molar refractivity (Wildman–Crippen MR) is 139 cm³/mol. The van der Waals surface area contributed by atoms with E-state index >= 15 is 0 Å². The van der Waals surface area contributed by atoms with Crippen LogP contribution in [-0.2, 0) is 20.8 Å². The molecule has 5 rings (SSSR count). The van der Waals surface area contributed by atoms with Crippen molar-refractivity contribution in [2.75, 3.05) is 14.1 Å². The third-order valence-electron chi connectivity index (χ3n) is 9.52. The van der Waals surface area contributed by atoms with Gasteiger partial charge in [-0.1, -0.05) is 31.1 Å². The number of aliphatic hydroxyl groups is 1. The van der Waals surface area contributed by atoms with E-state index in [1.807, 2.05) is 0 Å². The summed E-state index contributed by atoms with van der Waals surface area (Å²) in [6, 6.07) is 2.29. The van der Waals surface area contributed by atoms with Crippen LogP contribution in [0.3, 0.4) is 0 Å². The lowest BCUT2D eigenvalue weighted by molar-refractivity contribution is -0.176. The lowest BCUT2D eigenvalue weighted by Gasteiger charge is -2.53. The third kappa shape index (κ3) is 4.07.